The molecule has 0 aliphatic rings. The zero-order valence-electron chi connectivity index (χ0n) is 27.3. The van der Waals surface area contributed by atoms with E-state index in [4.69, 9.17) is 4.42 Å². The lowest BCUT2D eigenvalue weighted by Crippen LogP contribution is -2.35. The smallest absolute Gasteiger partial charge is 0.277 e. The molecule has 3 heterocycles. The predicted molar refractivity (Wildman–Crippen MR) is 188 cm³/mol. The Morgan fingerprint density at radius 2 is 1.75 bits per heavy atom. The molecule has 0 radical (unpaired) electrons. The molecule has 0 bridgehead atoms. The number of hydrogen-bond acceptors (Lipinski definition) is 7. The lowest BCUT2D eigenvalue weighted by atomic mass is 10.0. The molecule has 1 unspecified atom stereocenters. The number of carbonyl (C=O) groups excluding carboxylic acids is 1. The van der Waals surface area contributed by atoms with Crippen LogP contribution in [0.15, 0.2) is 106 Å². The van der Waals surface area contributed by atoms with Gasteiger partial charge in [0.1, 0.15) is 35.0 Å². The van der Waals surface area contributed by atoms with E-state index in [9.17, 15) is 14.0 Å². The first-order chi connectivity index (χ1) is 23.2. The highest BCUT2D eigenvalue weighted by Crippen LogP contribution is 2.31. The second kappa shape index (κ2) is 14.0. The van der Waals surface area contributed by atoms with Crippen molar-refractivity contribution in [1.82, 2.24) is 25.2 Å². The molecule has 3 aromatic heterocycles. The lowest BCUT2D eigenvalue weighted by Gasteiger charge is -2.18. The molecule has 2 atom stereocenters. The minimum Gasteiger partial charge on any atom is -0.456 e. The first-order valence-corrected chi connectivity index (χ1v) is 15.8. The Bertz CT molecular complexity index is 2200. The quantitative estimate of drug-likeness (QED) is 0.139. The van der Waals surface area contributed by atoms with Crippen LogP contribution < -0.4 is 21.5 Å². The Morgan fingerprint density at radius 3 is 2.56 bits per heavy atom. The van der Waals surface area contributed by atoms with Crippen LogP contribution in [0.3, 0.4) is 0 Å². The van der Waals surface area contributed by atoms with Gasteiger partial charge in [-0.15, -0.1) is 0 Å². The van der Waals surface area contributed by atoms with Crippen LogP contribution in [-0.2, 0) is 11.3 Å². The summed E-state index contributed by atoms with van der Waals surface area (Å²) in [4.78, 5) is 36.0. The number of carbonyl (C=O) groups is 1. The van der Waals surface area contributed by atoms with E-state index in [0.717, 1.165) is 44.2 Å². The summed E-state index contributed by atoms with van der Waals surface area (Å²) in [5, 5.41) is 11.4. The molecule has 6 aromatic rings. The molecule has 0 saturated carbocycles. The minimum absolute atomic E-state index is 0.0612. The molecule has 6 rings (SSSR count). The van der Waals surface area contributed by atoms with E-state index in [1.165, 1.54) is 22.9 Å². The average Bonchev–Trinajstić information content (AvgIpc) is 3.47. The van der Waals surface area contributed by atoms with Crippen LogP contribution in [0.1, 0.15) is 49.5 Å². The van der Waals surface area contributed by atoms with Crippen molar-refractivity contribution in [3.8, 4) is 11.4 Å². The SMILES string of the molecule is CNC(C)c1ccncc1/C=C(\C)CNC(=O)Cn1c(-c2ccccc2F)ncc(N[C@H](C)c2ccc3oc4ccccc4c3c2)c1=O. The second-order valence-electron chi connectivity index (χ2n) is 11.9. The Labute approximate surface area is 277 Å². The number of para-hydroxylation sites is 1. The van der Waals surface area contributed by atoms with Crippen molar-refractivity contribution in [2.45, 2.75) is 39.4 Å². The monoisotopic (exact) mass is 644 g/mol. The van der Waals surface area contributed by atoms with Crippen molar-refractivity contribution in [2.24, 2.45) is 0 Å². The lowest BCUT2D eigenvalue weighted by molar-refractivity contribution is -0.121. The number of aromatic nitrogens is 3. The fourth-order valence-electron chi connectivity index (χ4n) is 5.77. The second-order valence-corrected chi connectivity index (χ2v) is 11.9. The fraction of sp³-hybridized carbons (Fsp3) is 0.211. The molecular weight excluding hydrogens is 607 g/mol. The molecule has 0 fully saturated rings. The third-order valence-corrected chi connectivity index (χ3v) is 8.49. The van der Waals surface area contributed by atoms with Crippen LogP contribution in [0.25, 0.3) is 39.4 Å². The molecule has 3 N–H and O–H groups in total. The largest absolute Gasteiger partial charge is 0.456 e. The van der Waals surface area contributed by atoms with E-state index in [-0.39, 0.29) is 42.2 Å². The highest BCUT2D eigenvalue weighted by molar-refractivity contribution is 6.05. The molecule has 0 saturated heterocycles. The normalized spacial score (nSPS) is 13.1. The number of furan rings is 1. The molecule has 0 aliphatic heterocycles. The van der Waals surface area contributed by atoms with Gasteiger partial charge in [-0.2, -0.15) is 0 Å². The zero-order chi connectivity index (χ0) is 33.8. The zero-order valence-corrected chi connectivity index (χ0v) is 27.3. The molecule has 3 aromatic carbocycles. The summed E-state index contributed by atoms with van der Waals surface area (Å²) in [5.41, 5.74) is 5.25. The van der Waals surface area contributed by atoms with Crippen molar-refractivity contribution in [2.75, 3.05) is 18.9 Å². The Kier molecular flexibility index (Phi) is 9.45. The van der Waals surface area contributed by atoms with Gasteiger partial charge in [-0.05, 0) is 80.9 Å². The predicted octanol–water partition coefficient (Wildman–Crippen LogP) is 7.02. The fourth-order valence-corrected chi connectivity index (χ4v) is 5.77. The summed E-state index contributed by atoms with van der Waals surface area (Å²) in [6.45, 7) is 5.80. The number of hydrogen-bond donors (Lipinski definition) is 3. The van der Waals surface area contributed by atoms with Crippen LogP contribution in [-0.4, -0.2) is 34.0 Å². The van der Waals surface area contributed by atoms with Gasteiger partial charge < -0.3 is 20.4 Å². The topological polar surface area (TPSA) is 114 Å². The molecule has 9 nitrogen and oxygen atoms in total. The Morgan fingerprint density at radius 1 is 0.979 bits per heavy atom. The third-order valence-electron chi connectivity index (χ3n) is 8.49. The first-order valence-electron chi connectivity index (χ1n) is 15.8. The number of amides is 1. The molecule has 48 heavy (non-hydrogen) atoms. The number of anilines is 1. The van der Waals surface area contributed by atoms with Gasteiger partial charge in [0.2, 0.25) is 5.91 Å². The van der Waals surface area contributed by atoms with E-state index in [1.54, 1.807) is 24.5 Å². The van der Waals surface area contributed by atoms with E-state index >= 15 is 0 Å². The van der Waals surface area contributed by atoms with Gasteiger partial charge in [0.25, 0.3) is 5.56 Å². The highest BCUT2D eigenvalue weighted by atomic mass is 19.1. The number of pyridine rings is 1. The van der Waals surface area contributed by atoms with Gasteiger partial charge in [-0.25, -0.2) is 9.37 Å². The number of halogens is 1. The first kappa shape index (κ1) is 32.3. The Hall–Kier alpha value is -5.61. The van der Waals surface area contributed by atoms with Crippen molar-refractivity contribution in [1.29, 1.82) is 0 Å². The van der Waals surface area contributed by atoms with Gasteiger partial charge >= 0.3 is 0 Å². The third kappa shape index (κ3) is 6.74. The average molecular weight is 645 g/mol. The number of nitrogens with zero attached hydrogens (tertiary/aromatic N) is 3. The highest BCUT2D eigenvalue weighted by Gasteiger charge is 2.19. The van der Waals surface area contributed by atoms with E-state index in [2.05, 4.69) is 32.8 Å². The van der Waals surface area contributed by atoms with Crippen LogP contribution in [0.5, 0.6) is 0 Å². The molecule has 1 amide bonds. The van der Waals surface area contributed by atoms with Crippen molar-refractivity contribution in [3.05, 3.63) is 130 Å². The minimum atomic E-state index is -0.546. The summed E-state index contributed by atoms with van der Waals surface area (Å²) >= 11 is 0. The number of benzene rings is 3. The summed E-state index contributed by atoms with van der Waals surface area (Å²) < 4.78 is 22.1. The molecule has 0 spiro atoms. The van der Waals surface area contributed by atoms with Crippen LogP contribution in [0.4, 0.5) is 10.1 Å². The van der Waals surface area contributed by atoms with Gasteiger partial charge in [-0.1, -0.05) is 48.0 Å². The van der Waals surface area contributed by atoms with Gasteiger partial charge in [0.15, 0.2) is 0 Å². The van der Waals surface area contributed by atoms with Crippen molar-refractivity contribution >= 4 is 39.6 Å². The Balaban J connectivity index is 1.26. The molecule has 10 heteroatoms. The van der Waals surface area contributed by atoms with E-state index in [0.29, 0.717) is 0 Å². The maximum atomic E-state index is 14.9. The molecule has 0 aliphatic carbocycles. The number of fused-ring (bicyclic) bond motifs is 3. The standard InChI is InChI=1S/C38H37FN6O3/c1-23(17-27-20-41-16-15-28(27)25(3)40-4)19-42-36(46)22-45-37(30-10-5-7-11-32(30)39)43-21-33(38(45)47)44-24(2)26-13-14-35-31(18-26)29-9-6-8-12-34(29)48-35/h5-18,20-21,24-25,40,44H,19,22H2,1-4H3,(H,42,46)/b23-17+/t24-,25?/m1/s1. The van der Waals surface area contributed by atoms with Crippen molar-refractivity contribution in [3.63, 3.8) is 0 Å². The van der Waals surface area contributed by atoms with E-state index < -0.39 is 17.3 Å². The van der Waals surface area contributed by atoms with Gasteiger partial charge in [-0.3, -0.25) is 19.1 Å². The maximum Gasteiger partial charge on any atom is 0.277 e. The summed E-state index contributed by atoms with van der Waals surface area (Å²) in [6, 6.07) is 21.6. The molecular formula is C38H37FN6O3. The summed E-state index contributed by atoms with van der Waals surface area (Å²) in [5.74, 6) is -0.900. The van der Waals surface area contributed by atoms with Gasteiger partial charge in [0.05, 0.1) is 11.8 Å². The maximum absolute atomic E-state index is 14.9. The van der Waals surface area contributed by atoms with Crippen LogP contribution in [0.2, 0.25) is 0 Å². The van der Waals surface area contributed by atoms with E-state index in [1.807, 2.05) is 75.5 Å². The van der Waals surface area contributed by atoms with Crippen LogP contribution >= 0.6 is 0 Å². The van der Waals surface area contributed by atoms with Crippen molar-refractivity contribution < 1.29 is 13.6 Å². The summed E-state index contributed by atoms with van der Waals surface area (Å²) in [7, 11) is 1.89. The molecule has 244 valence electrons. The van der Waals surface area contributed by atoms with Gasteiger partial charge in [0, 0.05) is 41.8 Å². The number of nitrogens with one attached hydrogen (secondary N) is 3. The summed E-state index contributed by atoms with van der Waals surface area (Å²) in [6.07, 6.45) is 6.91. The van der Waals surface area contributed by atoms with Crippen LogP contribution in [0, 0.1) is 5.82 Å². The number of rotatable bonds is 11.